The molecule has 0 aliphatic heterocycles. The normalized spacial score (nSPS) is 10.1. The number of hydrogen-bond donors (Lipinski definition) is 2. The third-order valence-corrected chi connectivity index (χ3v) is 3.02. The van der Waals surface area contributed by atoms with E-state index < -0.39 is 6.03 Å². The second-order valence-corrected chi connectivity index (χ2v) is 4.51. The van der Waals surface area contributed by atoms with E-state index in [1.165, 1.54) is 6.33 Å². The molecule has 0 fully saturated rings. The van der Waals surface area contributed by atoms with Crippen LogP contribution in [0.25, 0.3) is 5.82 Å². The van der Waals surface area contributed by atoms with Crippen LogP contribution in [0.15, 0.2) is 55.4 Å². The summed E-state index contributed by atoms with van der Waals surface area (Å²) < 4.78 is 6.90. The van der Waals surface area contributed by atoms with Crippen LogP contribution in [0, 0.1) is 0 Å². The molecule has 0 unspecified atom stereocenters. The lowest BCUT2D eigenvalue weighted by Crippen LogP contribution is -2.20. The maximum absolute atomic E-state index is 12.1. The molecule has 116 valence electrons. The Balaban J connectivity index is 1.72. The van der Waals surface area contributed by atoms with Gasteiger partial charge in [0.25, 0.3) is 0 Å². The van der Waals surface area contributed by atoms with Crippen molar-refractivity contribution in [3.05, 3.63) is 55.4 Å². The molecule has 0 aliphatic carbocycles. The first-order valence-electron chi connectivity index (χ1n) is 6.77. The summed E-state index contributed by atoms with van der Waals surface area (Å²) in [7, 11) is 1.54. The summed E-state index contributed by atoms with van der Waals surface area (Å²) in [4.78, 5) is 24.2. The zero-order valence-electron chi connectivity index (χ0n) is 12.3. The minimum absolute atomic E-state index is 0.371. The number of amides is 2. The standard InChI is InChI=1S/C15H14N6O2/c1-23-12-5-3-2-4-11(12)19-15(22)20-13-8-14(18-9-17-13)21-7-6-16-10-21/h2-10H,1H3,(H2,17,18,19,20,22). The maximum Gasteiger partial charge on any atom is 0.324 e. The average molecular weight is 310 g/mol. The molecule has 0 saturated heterocycles. The number of hydrogen-bond acceptors (Lipinski definition) is 5. The van der Waals surface area contributed by atoms with E-state index in [2.05, 4.69) is 25.6 Å². The first-order chi connectivity index (χ1) is 11.3. The fourth-order valence-corrected chi connectivity index (χ4v) is 1.97. The Hall–Kier alpha value is -3.42. The number of para-hydroxylation sites is 2. The molecular formula is C15H14N6O2. The summed E-state index contributed by atoms with van der Waals surface area (Å²) in [5, 5.41) is 5.36. The van der Waals surface area contributed by atoms with Crippen molar-refractivity contribution in [2.24, 2.45) is 0 Å². The van der Waals surface area contributed by atoms with Crippen LogP contribution < -0.4 is 15.4 Å². The number of urea groups is 1. The molecule has 0 radical (unpaired) electrons. The zero-order valence-corrected chi connectivity index (χ0v) is 12.3. The lowest BCUT2D eigenvalue weighted by atomic mass is 10.3. The van der Waals surface area contributed by atoms with Gasteiger partial charge in [0, 0.05) is 18.5 Å². The molecule has 0 atom stereocenters. The minimum Gasteiger partial charge on any atom is -0.495 e. The molecule has 8 heteroatoms. The highest BCUT2D eigenvalue weighted by molar-refractivity contribution is 6.00. The quantitative estimate of drug-likeness (QED) is 0.771. The molecule has 0 bridgehead atoms. The predicted octanol–water partition coefficient (Wildman–Crippen LogP) is 2.31. The third kappa shape index (κ3) is 3.43. The van der Waals surface area contributed by atoms with Gasteiger partial charge in [-0.25, -0.2) is 19.7 Å². The second kappa shape index (κ2) is 6.56. The van der Waals surface area contributed by atoms with Crippen molar-refractivity contribution in [2.75, 3.05) is 17.7 Å². The van der Waals surface area contributed by atoms with Crippen molar-refractivity contribution in [1.29, 1.82) is 0 Å². The summed E-state index contributed by atoms with van der Waals surface area (Å²) in [6, 6.07) is 8.35. The highest BCUT2D eigenvalue weighted by atomic mass is 16.5. The summed E-state index contributed by atoms with van der Waals surface area (Å²) in [5.74, 6) is 1.55. The fourth-order valence-electron chi connectivity index (χ4n) is 1.97. The van der Waals surface area contributed by atoms with E-state index in [9.17, 15) is 4.79 Å². The van der Waals surface area contributed by atoms with Crippen molar-refractivity contribution in [1.82, 2.24) is 19.5 Å². The summed E-state index contributed by atoms with van der Waals surface area (Å²) in [5.41, 5.74) is 0.566. The minimum atomic E-state index is -0.426. The number of carbonyl (C=O) groups excluding carboxylic acids is 1. The number of benzene rings is 1. The van der Waals surface area contributed by atoms with Crippen LogP contribution in [0.4, 0.5) is 16.3 Å². The molecule has 23 heavy (non-hydrogen) atoms. The van der Waals surface area contributed by atoms with Crippen molar-refractivity contribution in [2.45, 2.75) is 0 Å². The van der Waals surface area contributed by atoms with Gasteiger partial charge in [-0.05, 0) is 12.1 Å². The lowest BCUT2D eigenvalue weighted by Gasteiger charge is -2.10. The Morgan fingerprint density at radius 1 is 1.22 bits per heavy atom. The van der Waals surface area contributed by atoms with Crippen LogP contribution in [0.1, 0.15) is 0 Å². The van der Waals surface area contributed by atoms with Gasteiger partial charge in [-0.1, -0.05) is 12.1 Å². The van der Waals surface area contributed by atoms with Crippen LogP contribution in [-0.2, 0) is 0 Å². The van der Waals surface area contributed by atoms with E-state index in [1.54, 1.807) is 54.7 Å². The molecule has 0 saturated carbocycles. The van der Waals surface area contributed by atoms with Gasteiger partial charge in [0.15, 0.2) is 0 Å². The molecule has 3 aromatic rings. The van der Waals surface area contributed by atoms with Gasteiger partial charge >= 0.3 is 6.03 Å². The Morgan fingerprint density at radius 2 is 2.09 bits per heavy atom. The Labute approximate surface area is 132 Å². The van der Waals surface area contributed by atoms with Gasteiger partial charge in [-0.2, -0.15) is 0 Å². The molecule has 2 N–H and O–H groups in total. The third-order valence-electron chi connectivity index (χ3n) is 3.02. The van der Waals surface area contributed by atoms with Crippen molar-refractivity contribution in [3.63, 3.8) is 0 Å². The highest BCUT2D eigenvalue weighted by Gasteiger charge is 2.08. The van der Waals surface area contributed by atoms with Crippen molar-refractivity contribution < 1.29 is 9.53 Å². The van der Waals surface area contributed by atoms with Crippen LogP contribution in [0.2, 0.25) is 0 Å². The molecule has 0 aliphatic rings. The molecule has 8 nitrogen and oxygen atoms in total. The molecule has 3 rings (SSSR count). The largest absolute Gasteiger partial charge is 0.495 e. The van der Waals surface area contributed by atoms with Crippen molar-refractivity contribution in [3.8, 4) is 11.6 Å². The van der Waals surface area contributed by atoms with Crippen LogP contribution in [0.3, 0.4) is 0 Å². The number of nitrogens with zero attached hydrogens (tertiary/aromatic N) is 4. The Morgan fingerprint density at radius 3 is 2.87 bits per heavy atom. The topological polar surface area (TPSA) is 94.0 Å². The van der Waals surface area contributed by atoms with Gasteiger partial charge in [-0.15, -0.1) is 0 Å². The second-order valence-electron chi connectivity index (χ2n) is 4.51. The summed E-state index contributed by atoms with van der Waals surface area (Å²) in [6.45, 7) is 0. The Kier molecular flexibility index (Phi) is 4.14. The number of rotatable bonds is 4. The van der Waals surface area contributed by atoms with Crippen molar-refractivity contribution >= 4 is 17.5 Å². The first-order valence-corrected chi connectivity index (χ1v) is 6.77. The van der Waals surface area contributed by atoms with E-state index in [-0.39, 0.29) is 0 Å². The van der Waals surface area contributed by atoms with Gasteiger partial charge in [0.1, 0.15) is 30.0 Å². The Bertz CT molecular complexity index is 803. The summed E-state index contributed by atoms with van der Waals surface area (Å²) >= 11 is 0. The fraction of sp³-hybridized carbons (Fsp3) is 0.0667. The molecule has 2 amide bonds. The van der Waals surface area contributed by atoms with E-state index in [0.29, 0.717) is 23.1 Å². The number of nitrogens with one attached hydrogen (secondary N) is 2. The summed E-state index contributed by atoms with van der Waals surface area (Å²) in [6.07, 6.45) is 6.37. The SMILES string of the molecule is COc1ccccc1NC(=O)Nc1cc(-n2ccnc2)ncn1. The smallest absolute Gasteiger partial charge is 0.324 e. The molecule has 2 heterocycles. The predicted molar refractivity (Wildman–Crippen MR) is 84.8 cm³/mol. The first kappa shape index (κ1) is 14.5. The zero-order chi connectivity index (χ0) is 16.1. The van der Waals surface area contributed by atoms with Gasteiger partial charge < -0.3 is 10.1 Å². The molecule has 2 aromatic heterocycles. The lowest BCUT2D eigenvalue weighted by molar-refractivity contribution is 0.262. The maximum atomic E-state index is 12.1. The van der Waals surface area contributed by atoms with Crippen LogP contribution >= 0.6 is 0 Å². The number of methoxy groups -OCH3 is 1. The average Bonchev–Trinajstić information content (AvgIpc) is 3.10. The van der Waals surface area contributed by atoms with Gasteiger partial charge in [0.2, 0.25) is 0 Å². The van der Waals surface area contributed by atoms with E-state index in [0.717, 1.165) is 0 Å². The number of anilines is 2. The number of imidazole rings is 1. The van der Waals surface area contributed by atoms with Crippen LogP contribution in [0.5, 0.6) is 5.75 Å². The van der Waals surface area contributed by atoms with E-state index in [4.69, 9.17) is 4.74 Å². The molecule has 0 spiro atoms. The molecule has 1 aromatic carbocycles. The number of ether oxygens (including phenoxy) is 1. The highest BCUT2D eigenvalue weighted by Crippen LogP contribution is 2.23. The molecular weight excluding hydrogens is 296 g/mol. The monoisotopic (exact) mass is 310 g/mol. The van der Waals surface area contributed by atoms with Crippen LogP contribution in [-0.4, -0.2) is 32.7 Å². The number of carbonyl (C=O) groups is 1. The van der Waals surface area contributed by atoms with E-state index in [1.807, 2.05) is 6.07 Å². The van der Waals surface area contributed by atoms with E-state index >= 15 is 0 Å². The number of aromatic nitrogens is 4. The van der Waals surface area contributed by atoms with Gasteiger partial charge in [0.05, 0.1) is 12.8 Å². The van der Waals surface area contributed by atoms with Gasteiger partial charge in [-0.3, -0.25) is 9.88 Å².